The van der Waals surface area contributed by atoms with Crippen LogP contribution in [0.4, 0.5) is 5.82 Å². The van der Waals surface area contributed by atoms with E-state index in [-0.39, 0.29) is 12.1 Å². The molecule has 0 unspecified atom stereocenters. The maximum Gasteiger partial charge on any atom is 0.256 e. The molecule has 3 aromatic heterocycles. The van der Waals surface area contributed by atoms with E-state index in [0.717, 1.165) is 9.88 Å². The molecule has 4 heterocycles. The molecule has 0 saturated heterocycles. The molecule has 8 heteroatoms. The van der Waals surface area contributed by atoms with Crippen LogP contribution in [-0.2, 0) is 0 Å². The molecule has 108 valence electrons. The maximum atomic E-state index is 12.1. The minimum absolute atomic E-state index is 0.152. The molecule has 4 rings (SSSR count). The molecule has 1 aliphatic rings. The summed E-state index contributed by atoms with van der Waals surface area (Å²) in [4.78, 5) is 29.8. The number of hydrogen-bond acceptors (Lipinski definition) is 7. The largest absolute Gasteiger partial charge is 0.345 e. The zero-order chi connectivity index (χ0) is 14.9. The Morgan fingerprint density at radius 2 is 2.00 bits per heavy atom. The molecule has 0 radical (unpaired) electrons. The van der Waals surface area contributed by atoms with Crippen LogP contribution in [-0.4, -0.2) is 25.8 Å². The highest BCUT2D eigenvalue weighted by Gasteiger charge is 2.26. The maximum absolute atomic E-state index is 12.1. The second-order valence-corrected chi connectivity index (χ2v) is 5.67. The van der Waals surface area contributed by atoms with Crippen molar-refractivity contribution in [3.63, 3.8) is 0 Å². The molecule has 0 aromatic carbocycles. The quantitative estimate of drug-likeness (QED) is 0.750. The third kappa shape index (κ3) is 2.19. The number of hydrogen-bond donors (Lipinski definition) is 2. The third-order valence-corrected chi connectivity index (χ3v) is 4.28. The Kier molecular flexibility index (Phi) is 3.01. The number of pyridine rings is 1. The molecular weight excluding hydrogens is 300 g/mol. The number of anilines is 1. The van der Waals surface area contributed by atoms with Crippen molar-refractivity contribution in [3.8, 4) is 10.7 Å². The van der Waals surface area contributed by atoms with Crippen molar-refractivity contribution >= 4 is 23.1 Å². The van der Waals surface area contributed by atoms with Gasteiger partial charge >= 0.3 is 0 Å². The zero-order valence-electron chi connectivity index (χ0n) is 11.2. The molecule has 22 heavy (non-hydrogen) atoms. The van der Waals surface area contributed by atoms with Crippen LogP contribution in [0.15, 0.2) is 43.1 Å². The van der Waals surface area contributed by atoms with Gasteiger partial charge in [0.05, 0.1) is 16.6 Å². The molecule has 1 amide bonds. The Morgan fingerprint density at radius 3 is 2.86 bits per heavy atom. The first-order chi connectivity index (χ1) is 10.8. The number of thiazole rings is 1. The summed E-state index contributed by atoms with van der Waals surface area (Å²) >= 11 is 1.45. The van der Waals surface area contributed by atoms with E-state index in [0.29, 0.717) is 17.1 Å². The monoisotopic (exact) mass is 310 g/mol. The lowest BCUT2D eigenvalue weighted by Gasteiger charge is -2.25. The molecule has 0 spiro atoms. The van der Waals surface area contributed by atoms with Gasteiger partial charge in [-0.1, -0.05) is 0 Å². The van der Waals surface area contributed by atoms with Crippen LogP contribution < -0.4 is 10.6 Å². The smallest absolute Gasteiger partial charge is 0.256 e. The number of nitrogens with zero attached hydrogens (tertiary/aromatic N) is 4. The number of fused-ring (bicyclic) bond motifs is 1. The molecular formula is C14H10N6OS. The average molecular weight is 310 g/mol. The fraction of sp³-hybridized carbons (Fsp3) is 0.0714. The summed E-state index contributed by atoms with van der Waals surface area (Å²) in [6.07, 6.45) is 7.92. The lowest BCUT2D eigenvalue weighted by Crippen LogP contribution is -2.38. The minimum atomic E-state index is -0.349. The first kappa shape index (κ1) is 12.8. The Balaban J connectivity index is 1.64. The molecule has 0 aliphatic carbocycles. The normalized spacial score (nSPS) is 16.5. The molecule has 1 atom stereocenters. The standard InChI is InChI=1S/C14H10N6OS/c21-13-8-2-1-3-17-11(8)19-12(20-13)10-7-18-14(22-10)9-6-15-4-5-16-9/h1-7,12H,(H,17,19)(H,20,21)/t12-/m0/s1. The highest BCUT2D eigenvalue weighted by atomic mass is 32.1. The van der Waals surface area contributed by atoms with Gasteiger partial charge in [0.25, 0.3) is 5.91 Å². The van der Waals surface area contributed by atoms with E-state index in [4.69, 9.17) is 0 Å². The summed E-state index contributed by atoms with van der Waals surface area (Å²) in [5.74, 6) is 0.423. The van der Waals surface area contributed by atoms with Gasteiger partial charge in [-0.15, -0.1) is 11.3 Å². The van der Waals surface area contributed by atoms with Gasteiger partial charge in [-0.25, -0.2) is 9.97 Å². The van der Waals surface area contributed by atoms with Crippen molar-refractivity contribution in [3.05, 3.63) is 53.6 Å². The summed E-state index contributed by atoms with van der Waals surface area (Å²) < 4.78 is 0. The second-order valence-electron chi connectivity index (χ2n) is 4.61. The van der Waals surface area contributed by atoms with Crippen LogP contribution in [0.3, 0.4) is 0 Å². The fourth-order valence-corrected chi connectivity index (χ4v) is 3.06. The lowest BCUT2D eigenvalue weighted by molar-refractivity contribution is 0.0935. The zero-order valence-corrected chi connectivity index (χ0v) is 12.0. The van der Waals surface area contributed by atoms with Crippen molar-refractivity contribution in [2.45, 2.75) is 6.17 Å². The van der Waals surface area contributed by atoms with Crippen LogP contribution in [0.1, 0.15) is 21.4 Å². The van der Waals surface area contributed by atoms with E-state index in [1.807, 2.05) is 0 Å². The Labute approximate surface area is 129 Å². The molecule has 0 bridgehead atoms. The van der Waals surface area contributed by atoms with Crippen molar-refractivity contribution in [2.75, 3.05) is 5.32 Å². The molecule has 0 fully saturated rings. The molecule has 0 saturated carbocycles. The first-order valence-corrected chi connectivity index (χ1v) is 7.37. The third-order valence-electron chi connectivity index (χ3n) is 3.20. The summed E-state index contributed by atoms with van der Waals surface area (Å²) in [7, 11) is 0. The van der Waals surface area contributed by atoms with Gasteiger partial charge in [0.2, 0.25) is 0 Å². The molecule has 7 nitrogen and oxygen atoms in total. The number of aromatic nitrogens is 4. The summed E-state index contributed by atoms with van der Waals surface area (Å²) in [6.45, 7) is 0. The van der Waals surface area contributed by atoms with Gasteiger partial charge in [0, 0.05) is 24.8 Å². The fourth-order valence-electron chi connectivity index (χ4n) is 2.18. The van der Waals surface area contributed by atoms with Gasteiger partial charge in [-0.3, -0.25) is 14.8 Å². The highest BCUT2D eigenvalue weighted by Crippen LogP contribution is 2.30. The van der Waals surface area contributed by atoms with Crippen molar-refractivity contribution < 1.29 is 4.79 Å². The van der Waals surface area contributed by atoms with Gasteiger partial charge in [-0.05, 0) is 12.1 Å². The minimum Gasteiger partial charge on any atom is -0.345 e. The topological polar surface area (TPSA) is 92.7 Å². The Morgan fingerprint density at radius 1 is 1.05 bits per heavy atom. The van der Waals surface area contributed by atoms with Gasteiger partial charge in [0.1, 0.15) is 22.7 Å². The van der Waals surface area contributed by atoms with Crippen LogP contribution in [0, 0.1) is 0 Å². The summed E-state index contributed by atoms with van der Waals surface area (Å²) in [5.41, 5.74) is 1.25. The predicted octanol–water partition coefficient (Wildman–Crippen LogP) is 1.85. The van der Waals surface area contributed by atoms with Crippen molar-refractivity contribution in [1.82, 2.24) is 25.3 Å². The number of carbonyl (C=O) groups is 1. The van der Waals surface area contributed by atoms with Crippen LogP contribution in [0.5, 0.6) is 0 Å². The molecule has 2 N–H and O–H groups in total. The highest BCUT2D eigenvalue weighted by molar-refractivity contribution is 7.15. The van der Waals surface area contributed by atoms with Crippen molar-refractivity contribution in [2.24, 2.45) is 0 Å². The number of rotatable bonds is 2. The van der Waals surface area contributed by atoms with Crippen molar-refractivity contribution in [1.29, 1.82) is 0 Å². The first-order valence-electron chi connectivity index (χ1n) is 6.56. The van der Waals surface area contributed by atoms with E-state index >= 15 is 0 Å². The summed E-state index contributed by atoms with van der Waals surface area (Å²) in [5, 5.41) is 6.85. The predicted molar refractivity (Wildman–Crippen MR) is 81.2 cm³/mol. The Hall–Kier alpha value is -2.87. The SMILES string of the molecule is O=C1N[C@@H](c2cnc(-c3cnccn3)s2)Nc2ncccc21. The van der Waals surface area contributed by atoms with Crippen LogP contribution >= 0.6 is 11.3 Å². The number of nitrogens with one attached hydrogen (secondary N) is 2. The van der Waals surface area contributed by atoms with E-state index in [1.165, 1.54) is 11.3 Å². The number of carbonyl (C=O) groups excluding carboxylic acids is 1. The van der Waals surface area contributed by atoms with E-state index in [9.17, 15) is 4.79 Å². The van der Waals surface area contributed by atoms with Gasteiger partial charge in [0.15, 0.2) is 0 Å². The van der Waals surface area contributed by atoms with E-state index in [1.54, 1.807) is 43.1 Å². The second kappa shape index (κ2) is 5.15. The molecule has 1 aliphatic heterocycles. The average Bonchev–Trinajstić information content (AvgIpc) is 3.06. The Bertz CT molecular complexity index is 834. The van der Waals surface area contributed by atoms with Gasteiger partial charge in [-0.2, -0.15) is 0 Å². The van der Waals surface area contributed by atoms with Crippen LogP contribution in [0.25, 0.3) is 10.7 Å². The van der Waals surface area contributed by atoms with Crippen LogP contribution in [0.2, 0.25) is 0 Å². The van der Waals surface area contributed by atoms with Gasteiger partial charge < -0.3 is 10.6 Å². The summed E-state index contributed by atoms with van der Waals surface area (Å²) in [6, 6.07) is 3.47. The van der Waals surface area contributed by atoms with E-state index < -0.39 is 0 Å². The van der Waals surface area contributed by atoms with E-state index in [2.05, 4.69) is 30.6 Å². The number of amides is 1. The lowest BCUT2D eigenvalue weighted by atomic mass is 10.2. The molecule has 3 aromatic rings.